The highest BCUT2D eigenvalue weighted by atomic mass is 79.9. The first-order chi connectivity index (χ1) is 8.31. The van der Waals surface area contributed by atoms with Crippen molar-refractivity contribution in [1.29, 1.82) is 0 Å². The Balaban J connectivity index is 1.88. The van der Waals surface area contributed by atoms with Crippen LogP contribution in [0, 0.1) is 0 Å². The van der Waals surface area contributed by atoms with Gasteiger partial charge in [0.2, 0.25) is 6.79 Å². The monoisotopic (exact) mass is 300 g/mol. The minimum atomic E-state index is 0.315. The van der Waals surface area contributed by atoms with Crippen molar-refractivity contribution in [2.24, 2.45) is 5.73 Å². The molecule has 17 heavy (non-hydrogen) atoms. The number of unbranched alkanes of at least 4 members (excludes halogenated alkanes) is 1. The Morgan fingerprint density at radius 2 is 2.00 bits per heavy atom. The second-order valence-corrected chi connectivity index (χ2v) is 4.82. The summed E-state index contributed by atoms with van der Waals surface area (Å²) < 4.78 is 11.7. The molecular weight excluding hydrogens is 284 g/mol. The number of nitrogens with one attached hydrogen (secondary N) is 1. The molecule has 1 aliphatic rings. The molecule has 3 N–H and O–H groups in total. The summed E-state index contributed by atoms with van der Waals surface area (Å²) in [6.45, 7) is 2.88. The summed E-state index contributed by atoms with van der Waals surface area (Å²) in [5.41, 5.74) is 6.62. The van der Waals surface area contributed by atoms with Crippen LogP contribution in [0.4, 0.5) is 0 Å². The SMILES string of the molecule is NCCCCNCc1cc2c(cc1Br)OCO2. The lowest BCUT2D eigenvalue weighted by Crippen LogP contribution is -2.16. The molecule has 0 fully saturated rings. The van der Waals surface area contributed by atoms with Crippen molar-refractivity contribution in [2.75, 3.05) is 19.9 Å². The van der Waals surface area contributed by atoms with Crippen LogP contribution in [0.25, 0.3) is 0 Å². The predicted molar refractivity (Wildman–Crippen MR) is 70.3 cm³/mol. The molecule has 0 aliphatic carbocycles. The van der Waals surface area contributed by atoms with Gasteiger partial charge in [-0.05, 0) is 43.6 Å². The summed E-state index contributed by atoms with van der Waals surface area (Å²) in [4.78, 5) is 0. The minimum absolute atomic E-state index is 0.315. The van der Waals surface area contributed by atoms with Crippen molar-refractivity contribution >= 4 is 15.9 Å². The fraction of sp³-hybridized carbons (Fsp3) is 0.500. The van der Waals surface area contributed by atoms with Crippen LogP contribution >= 0.6 is 15.9 Å². The number of hydrogen-bond donors (Lipinski definition) is 2. The highest BCUT2D eigenvalue weighted by Crippen LogP contribution is 2.36. The van der Waals surface area contributed by atoms with Crippen molar-refractivity contribution < 1.29 is 9.47 Å². The molecule has 0 saturated carbocycles. The highest BCUT2D eigenvalue weighted by Gasteiger charge is 2.15. The normalized spacial score (nSPS) is 13.1. The molecule has 0 unspecified atom stereocenters. The molecule has 0 aromatic heterocycles. The van der Waals surface area contributed by atoms with Gasteiger partial charge in [-0.1, -0.05) is 15.9 Å². The van der Waals surface area contributed by atoms with Gasteiger partial charge in [-0.15, -0.1) is 0 Å². The molecular formula is C12H17BrN2O2. The van der Waals surface area contributed by atoms with Crippen LogP contribution in [0.15, 0.2) is 16.6 Å². The third-order valence-corrected chi connectivity index (χ3v) is 3.40. The lowest BCUT2D eigenvalue weighted by Gasteiger charge is -2.08. The Bertz CT molecular complexity index is 385. The Kier molecular flexibility index (Phi) is 4.65. The molecule has 1 heterocycles. The van der Waals surface area contributed by atoms with Gasteiger partial charge >= 0.3 is 0 Å². The van der Waals surface area contributed by atoms with Gasteiger partial charge in [0.1, 0.15) is 0 Å². The van der Waals surface area contributed by atoms with Crippen LogP contribution in [0.1, 0.15) is 18.4 Å². The first-order valence-corrected chi connectivity index (χ1v) is 6.59. The predicted octanol–water partition coefficient (Wildman–Crippen LogP) is 2.01. The van der Waals surface area contributed by atoms with Gasteiger partial charge in [0.05, 0.1) is 0 Å². The van der Waals surface area contributed by atoms with Crippen molar-refractivity contribution in [3.8, 4) is 11.5 Å². The number of hydrogen-bond acceptors (Lipinski definition) is 4. The van der Waals surface area contributed by atoms with E-state index >= 15 is 0 Å². The Labute approximate surface area is 110 Å². The molecule has 0 radical (unpaired) electrons. The molecule has 0 amide bonds. The van der Waals surface area contributed by atoms with E-state index in [0.29, 0.717) is 6.79 Å². The molecule has 1 aromatic rings. The molecule has 0 spiro atoms. The van der Waals surface area contributed by atoms with Crippen LogP contribution in [0.2, 0.25) is 0 Å². The van der Waals surface area contributed by atoms with Crippen molar-refractivity contribution in [3.63, 3.8) is 0 Å². The fourth-order valence-corrected chi connectivity index (χ4v) is 2.17. The van der Waals surface area contributed by atoms with Gasteiger partial charge in [-0.25, -0.2) is 0 Å². The van der Waals surface area contributed by atoms with Crippen LogP contribution in [0.5, 0.6) is 11.5 Å². The molecule has 1 aliphatic heterocycles. The second-order valence-electron chi connectivity index (χ2n) is 3.97. The summed E-state index contributed by atoms with van der Waals surface area (Å²) >= 11 is 3.54. The van der Waals surface area contributed by atoms with E-state index in [1.54, 1.807) is 0 Å². The third kappa shape index (κ3) is 3.34. The van der Waals surface area contributed by atoms with E-state index in [1.165, 1.54) is 5.56 Å². The Morgan fingerprint density at radius 1 is 1.24 bits per heavy atom. The standard InChI is InChI=1S/C12H17BrN2O2/c13-10-6-12-11(16-8-17-12)5-9(10)7-15-4-2-1-3-14/h5-6,15H,1-4,7-8,14H2. The number of benzene rings is 1. The molecule has 5 heteroatoms. The van der Waals surface area contributed by atoms with Gasteiger partial charge in [0.15, 0.2) is 11.5 Å². The van der Waals surface area contributed by atoms with E-state index in [2.05, 4.69) is 21.2 Å². The highest BCUT2D eigenvalue weighted by molar-refractivity contribution is 9.10. The second kappa shape index (κ2) is 6.23. The molecule has 4 nitrogen and oxygen atoms in total. The smallest absolute Gasteiger partial charge is 0.231 e. The Morgan fingerprint density at radius 3 is 2.76 bits per heavy atom. The van der Waals surface area contributed by atoms with Crippen LogP contribution < -0.4 is 20.5 Å². The number of rotatable bonds is 6. The Hall–Kier alpha value is -0.780. The first kappa shape index (κ1) is 12.7. The van der Waals surface area contributed by atoms with Gasteiger partial charge in [-0.3, -0.25) is 0 Å². The van der Waals surface area contributed by atoms with E-state index in [9.17, 15) is 0 Å². The van der Waals surface area contributed by atoms with E-state index in [-0.39, 0.29) is 0 Å². The topological polar surface area (TPSA) is 56.5 Å². The number of ether oxygens (including phenoxy) is 2. The zero-order chi connectivity index (χ0) is 12.1. The summed E-state index contributed by atoms with van der Waals surface area (Å²) in [5, 5.41) is 3.39. The summed E-state index contributed by atoms with van der Waals surface area (Å²) in [6, 6.07) is 3.97. The fourth-order valence-electron chi connectivity index (χ4n) is 1.71. The molecule has 1 aromatic carbocycles. The van der Waals surface area contributed by atoms with Crippen molar-refractivity contribution in [3.05, 3.63) is 22.2 Å². The van der Waals surface area contributed by atoms with Crippen LogP contribution in [0.3, 0.4) is 0 Å². The number of halogens is 1. The zero-order valence-electron chi connectivity index (χ0n) is 9.67. The lowest BCUT2D eigenvalue weighted by molar-refractivity contribution is 0.174. The zero-order valence-corrected chi connectivity index (χ0v) is 11.3. The lowest BCUT2D eigenvalue weighted by atomic mass is 10.2. The summed E-state index contributed by atoms with van der Waals surface area (Å²) in [5.74, 6) is 1.63. The van der Waals surface area contributed by atoms with E-state index in [0.717, 1.165) is 48.4 Å². The quantitative estimate of drug-likeness (QED) is 0.789. The average Bonchev–Trinajstić information content (AvgIpc) is 2.76. The van der Waals surface area contributed by atoms with Gasteiger partial charge in [0.25, 0.3) is 0 Å². The van der Waals surface area contributed by atoms with Gasteiger partial charge < -0.3 is 20.5 Å². The molecule has 94 valence electrons. The van der Waals surface area contributed by atoms with Crippen molar-refractivity contribution in [1.82, 2.24) is 5.32 Å². The summed E-state index contributed by atoms with van der Waals surface area (Å²) in [7, 11) is 0. The first-order valence-electron chi connectivity index (χ1n) is 5.80. The molecule has 0 bridgehead atoms. The summed E-state index contributed by atoms with van der Waals surface area (Å²) in [6.07, 6.45) is 2.17. The van der Waals surface area contributed by atoms with Crippen LogP contribution in [-0.2, 0) is 6.54 Å². The maximum absolute atomic E-state index is 5.44. The minimum Gasteiger partial charge on any atom is -0.454 e. The van der Waals surface area contributed by atoms with E-state index < -0.39 is 0 Å². The van der Waals surface area contributed by atoms with Gasteiger partial charge in [-0.2, -0.15) is 0 Å². The van der Waals surface area contributed by atoms with Crippen molar-refractivity contribution in [2.45, 2.75) is 19.4 Å². The molecule has 0 saturated heterocycles. The van der Waals surface area contributed by atoms with Gasteiger partial charge in [0, 0.05) is 11.0 Å². The maximum Gasteiger partial charge on any atom is 0.231 e. The number of nitrogens with two attached hydrogens (primary N) is 1. The average molecular weight is 301 g/mol. The molecule has 2 rings (SSSR count). The third-order valence-electron chi connectivity index (χ3n) is 2.66. The van der Waals surface area contributed by atoms with E-state index in [1.807, 2.05) is 12.1 Å². The maximum atomic E-state index is 5.44. The largest absolute Gasteiger partial charge is 0.454 e. The number of fused-ring (bicyclic) bond motifs is 1. The van der Waals surface area contributed by atoms with Crippen LogP contribution in [-0.4, -0.2) is 19.9 Å². The molecule has 0 atom stereocenters. The van der Waals surface area contributed by atoms with E-state index in [4.69, 9.17) is 15.2 Å².